The van der Waals surface area contributed by atoms with Crippen molar-refractivity contribution < 1.29 is 28.9 Å². The Morgan fingerprint density at radius 2 is 1.97 bits per heavy atom. The summed E-state index contributed by atoms with van der Waals surface area (Å²) in [6.07, 6.45) is -0.414. The molecule has 2 aromatic carbocycles. The average Bonchev–Trinajstić information content (AvgIpc) is 3.16. The summed E-state index contributed by atoms with van der Waals surface area (Å²) in [7, 11) is 1.47. The van der Waals surface area contributed by atoms with E-state index in [9.17, 15) is 14.7 Å². The number of ether oxygens (including phenoxy) is 3. The van der Waals surface area contributed by atoms with E-state index in [-0.39, 0.29) is 49.6 Å². The number of amides is 2. The second-order valence-electron chi connectivity index (χ2n) is 8.10. The fraction of sp³-hybridized carbons (Fsp3) is 0.417. The van der Waals surface area contributed by atoms with Crippen molar-refractivity contribution in [1.29, 1.82) is 0 Å². The van der Waals surface area contributed by atoms with Crippen LogP contribution >= 0.6 is 0 Å². The molecular formula is C24H28N2O6. The van der Waals surface area contributed by atoms with E-state index in [4.69, 9.17) is 14.2 Å². The Morgan fingerprint density at radius 1 is 1.16 bits per heavy atom. The molecule has 0 bridgehead atoms. The van der Waals surface area contributed by atoms with Gasteiger partial charge in [0, 0.05) is 30.8 Å². The van der Waals surface area contributed by atoms with Crippen LogP contribution in [-0.2, 0) is 25.6 Å². The Kier molecular flexibility index (Phi) is 7.04. The van der Waals surface area contributed by atoms with Gasteiger partial charge in [-0.3, -0.25) is 9.59 Å². The number of hydrogen-bond acceptors (Lipinski definition) is 6. The molecular weight excluding hydrogens is 412 g/mol. The van der Waals surface area contributed by atoms with Crippen molar-refractivity contribution in [3.63, 3.8) is 0 Å². The van der Waals surface area contributed by atoms with Gasteiger partial charge in [0.15, 0.2) is 0 Å². The first-order valence-corrected chi connectivity index (χ1v) is 10.7. The normalized spacial score (nSPS) is 23.6. The number of aliphatic hydroxyl groups is 1. The molecule has 8 heteroatoms. The van der Waals surface area contributed by atoms with Gasteiger partial charge in [0.2, 0.25) is 11.8 Å². The minimum atomic E-state index is -0.528. The van der Waals surface area contributed by atoms with Crippen molar-refractivity contribution >= 4 is 17.5 Å². The number of fused-ring (bicyclic) bond motifs is 3. The molecule has 0 aliphatic carbocycles. The topological polar surface area (TPSA) is 106 Å². The van der Waals surface area contributed by atoms with Crippen LogP contribution in [0, 0.1) is 0 Å². The second-order valence-corrected chi connectivity index (χ2v) is 8.10. The van der Waals surface area contributed by atoms with Gasteiger partial charge >= 0.3 is 0 Å². The zero-order chi connectivity index (χ0) is 22.5. The van der Waals surface area contributed by atoms with Crippen LogP contribution in [0.3, 0.4) is 0 Å². The van der Waals surface area contributed by atoms with Gasteiger partial charge in [-0.05, 0) is 30.2 Å². The predicted octanol–water partition coefficient (Wildman–Crippen LogP) is 1.97. The van der Waals surface area contributed by atoms with Crippen LogP contribution in [0.1, 0.15) is 29.9 Å². The number of aliphatic hydroxyl groups excluding tert-OH is 1. The Bertz CT molecular complexity index is 951. The molecule has 0 aromatic heterocycles. The van der Waals surface area contributed by atoms with Gasteiger partial charge in [-0.25, -0.2) is 0 Å². The Balaban J connectivity index is 1.42. The second kappa shape index (κ2) is 10.1. The van der Waals surface area contributed by atoms with E-state index >= 15 is 0 Å². The lowest BCUT2D eigenvalue weighted by Gasteiger charge is -2.37. The van der Waals surface area contributed by atoms with Crippen LogP contribution in [-0.4, -0.2) is 55.6 Å². The molecule has 32 heavy (non-hydrogen) atoms. The monoisotopic (exact) mass is 440 g/mol. The van der Waals surface area contributed by atoms with E-state index in [1.165, 1.54) is 7.11 Å². The third kappa shape index (κ3) is 5.09. The van der Waals surface area contributed by atoms with E-state index in [1.54, 1.807) is 6.07 Å². The van der Waals surface area contributed by atoms with Crippen LogP contribution in [0.2, 0.25) is 0 Å². The maximum Gasteiger partial charge on any atom is 0.250 e. The van der Waals surface area contributed by atoms with Crippen molar-refractivity contribution in [1.82, 2.24) is 5.32 Å². The smallest absolute Gasteiger partial charge is 0.250 e. The fourth-order valence-electron chi connectivity index (χ4n) is 4.37. The molecule has 1 saturated heterocycles. The number of hydrogen-bond donors (Lipinski definition) is 3. The quantitative estimate of drug-likeness (QED) is 0.580. The number of anilines is 1. The van der Waals surface area contributed by atoms with E-state index in [2.05, 4.69) is 10.6 Å². The number of carbonyl (C=O) groups excluding carboxylic acids is 2. The molecule has 0 spiro atoms. The maximum atomic E-state index is 12.5. The fourth-order valence-corrected chi connectivity index (χ4v) is 4.37. The molecule has 2 aliphatic heterocycles. The van der Waals surface area contributed by atoms with Gasteiger partial charge in [-0.1, -0.05) is 30.3 Å². The van der Waals surface area contributed by atoms with Crippen molar-refractivity contribution in [2.75, 3.05) is 25.6 Å². The van der Waals surface area contributed by atoms with Crippen LogP contribution in [0.15, 0.2) is 48.5 Å². The lowest BCUT2D eigenvalue weighted by atomic mass is 9.84. The van der Waals surface area contributed by atoms with Gasteiger partial charge in [-0.2, -0.15) is 0 Å². The molecule has 2 heterocycles. The Labute approximate surface area is 186 Å². The van der Waals surface area contributed by atoms with Crippen molar-refractivity contribution in [3.8, 4) is 5.75 Å². The van der Waals surface area contributed by atoms with Gasteiger partial charge in [-0.15, -0.1) is 0 Å². The molecule has 8 nitrogen and oxygen atoms in total. The molecule has 4 atom stereocenters. The van der Waals surface area contributed by atoms with Crippen LogP contribution in [0.25, 0.3) is 0 Å². The first kappa shape index (κ1) is 22.3. The van der Waals surface area contributed by atoms with Gasteiger partial charge in [0.1, 0.15) is 24.6 Å². The summed E-state index contributed by atoms with van der Waals surface area (Å²) in [5.74, 6) is 0.327. The number of rotatable bonds is 8. The highest BCUT2D eigenvalue weighted by atomic mass is 16.6. The molecule has 2 aliphatic rings. The number of carbonyl (C=O) groups is 2. The van der Waals surface area contributed by atoms with E-state index in [0.717, 1.165) is 11.1 Å². The first-order chi connectivity index (χ1) is 15.6. The molecule has 170 valence electrons. The van der Waals surface area contributed by atoms with Crippen LogP contribution in [0.4, 0.5) is 5.69 Å². The lowest BCUT2D eigenvalue weighted by Crippen LogP contribution is -2.47. The molecule has 3 N–H and O–H groups in total. The molecule has 0 unspecified atom stereocenters. The Morgan fingerprint density at radius 3 is 2.72 bits per heavy atom. The van der Waals surface area contributed by atoms with Crippen LogP contribution < -0.4 is 15.4 Å². The van der Waals surface area contributed by atoms with Gasteiger partial charge in [0.25, 0.3) is 0 Å². The van der Waals surface area contributed by atoms with E-state index in [1.807, 2.05) is 42.5 Å². The highest BCUT2D eigenvalue weighted by Gasteiger charge is 2.46. The zero-order valence-electron chi connectivity index (χ0n) is 18.0. The van der Waals surface area contributed by atoms with E-state index in [0.29, 0.717) is 24.4 Å². The Hall–Kier alpha value is -2.94. The predicted molar refractivity (Wildman–Crippen MR) is 117 cm³/mol. The maximum absolute atomic E-state index is 12.5. The van der Waals surface area contributed by atoms with E-state index < -0.39 is 6.10 Å². The summed E-state index contributed by atoms with van der Waals surface area (Å²) in [5, 5.41) is 15.6. The van der Waals surface area contributed by atoms with Crippen LogP contribution in [0.5, 0.6) is 5.75 Å². The SMILES string of the molecule is COCC(=O)Nc1ccc2c(c1)[C@@H]1C[C@@H](CC(=O)NCc3ccccc3)O[C@H](CO)[C@@H]1O2. The summed E-state index contributed by atoms with van der Waals surface area (Å²) in [6, 6.07) is 15.2. The average molecular weight is 440 g/mol. The summed E-state index contributed by atoms with van der Waals surface area (Å²) in [5.41, 5.74) is 2.63. The summed E-state index contributed by atoms with van der Waals surface area (Å²) >= 11 is 0. The summed E-state index contributed by atoms with van der Waals surface area (Å²) in [6.45, 7) is 0.229. The summed E-state index contributed by atoms with van der Waals surface area (Å²) < 4.78 is 16.9. The van der Waals surface area contributed by atoms with Crippen molar-refractivity contribution in [2.24, 2.45) is 0 Å². The highest BCUT2D eigenvalue weighted by Crippen LogP contribution is 2.47. The number of benzene rings is 2. The van der Waals surface area contributed by atoms with Crippen molar-refractivity contribution in [2.45, 2.75) is 43.6 Å². The molecule has 4 rings (SSSR count). The molecule has 1 fully saturated rings. The minimum Gasteiger partial charge on any atom is -0.487 e. The largest absolute Gasteiger partial charge is 0.487 e. The lowest BCUT2D eigenvalue weighted by molar-refractivity contribution is -0.142. The van der Waals surface area contributed by atoms with Crippen molar-refractivity contribution in [3.05, 3.63) is 59.7 Å². The molecule has 0 saturated carbocycles. The molecule has 2 aromatic rings. The van der Waals surface area contributed by atoms with Gasteiger partial charge in [0.05, 0.1) is 19.1 Å². The first-order valence-electron chi connectivity index (χ1n) is 10.7. The minimum absolute atomic E-state index is 0.0275. The standard InChI is InChI=1S/C24H28N2O6/c1-30-14-23(29)26-16-7-8-20-18(9-16)19-10-17(31-21(13-27)24(19)32-20)11-22(28)25-12-15-5-3-2-4-6-15/h2-9,17,19,21,24,27H,10-14H2,1H3,(H,25,28)(H,26,29)/t17-,19-,21+,24+/m0/s1. The third-order valence-electron chi connectivity index (χ3n) is 5.80. The number of nitrogens with one attached hydrogen (secondary N) is 2. The number of methoxy groups -OCH3 is 1. The zero-order valence-corrected chi connectivity index (χ0v) is 18.0. The molecule has 2 amide bonds. The third-order valence-corrected chi connectivity index (χ3v) is 5.80. The molecule has 0 radical (unpaired) electrons. The summed E-state index contributed by atoms with van der Waals surface area (Å²) in [4.78, 5) is 24.4. The highest BCUT2D eigenvalue weighted by molar-refractivity contribution is 5.92. The van der Waals surface area contributed by atoms with Gasteiger partial charge < -0.3 is 30.0 Å².